The van der Waals surface area contributed by atoms with E-state index in [1.54, 1.807) is 7.11 Å². The van der Waals surface area contributed by atoms with E-state index in [0.29, 0.717) is 0 Å². The van der Waals surface area contributed by atoms with Gasteiger partial charge in [-0.25, -0.2) is 0 Å². The van der Waals surface area contributed by atoms with Crippen molar-refractivity contribution in [1.29, 1.82) is 0 Å². The highest BCUT2D eigenvalue weighted by molar-refractivity contribution is 6.03. The lowest BCUT2D eigenvalue weighted by Gasteiger charge is -2.07. The number of ether oxygens (including phenoxy) is 3. The Morgan fingerprint density at radius 3 is 2.27 bits per heavy atom. The summed E-state index contributed by atoms with van der Waals surface area (Å²) < 4.78 is 22.9. The number of benzene rings is 4. The maximum atomic E-state index is 6.44. The van der Waals surface area contributed by atoms with Crippen molar-refractivity contribution < 1.29 is 18.6 Å². The number of fused-ring (bicyclic) bond motifs is 2. The molecule has 4 nitrogen and oxygen atoms in total. The molecule has 5 aromatic rings. The highest BCUT2D eigenvalue weighted by Crippen LogP contribution is 2.43. The Balaban J connectivity index is 1.57. The summed E-state index contributed by atoms with van der Waals surface area (Å²) in [5.74, 6) is 3.24. The fourth-order valence-electron chi connectivity index (χ4n) is 4.39. The SMILES string of the molecule is COc1ccc(-c2c(-c3cccc(C)c3)oc3ccc(-c4ccc5c(c4)OCO5)cc23)cc1. The lowest BCUT2D eigenvalue weighted by Crippen LogP contribution is -1.92. The Kier molecular flexibility index (Phi) is 4.58. The van der Waals surface area contributed by atoms with E-state index in [4.69, 9.17) is 18.6 Å². The zero-order valence-corrected chi connectivity index (χ0v) is 18.4. The molecule has 0 saturated heterocycles. The van der Waals surface area contributed by atoms with Crippen LogP contribution in [0.3, 0.4) is 0 Å². The summed E-state index contributed by atoms with van der Waals surface area (Å²) in [7, 11) is 1.68. The maximum Gasteiger partial charge on any atom is 0.231 e. The minimum atomic E-state index is 0.265. The molecule has 33 heavy (non-hydrogen) atoms. The zero-order chi connectivity index (χ0) is 22.4. The number of hydrogen-bond acceptors (Lipinski definition) is 4. The summed E-state index contributed by atoms with van der Waals surface area (Å²) >= 11 is 0. The lowest BCUT2D eigenvalue weighted by molar-refractivity contribution is 0.174. The maximum absolute atomic E-state index is 6.44. The van der Waals surface area contributed by atoms with Crippen molar-refractivity contribution in [2.24, 2.45) is 0 Å². The molecule has 1 aliphatic rings. The molecular weight excluding hydrogens is 412 g/mol. The van der Waals surface area contributed by atoms with Gasteiger partial charge < -0.3 is 18.6 Å². The fraction of sp³-hybridized carbons (Fsp3) is 0.103. The highest BCUT2D eigenvalue weighted by Gasteiger charge is 2.20. The minimum absolute atomic E-state index is 0.265. The molecule has 4 aromatic carbocycles. The molecule has 0 atom stereocenters. The third kappa shape index (κ3) is 3.40. The average Bonchev–Trinajstić information content (AvgIpc) is 3.48. The van der Waals surface area contributed by atoms with Gasteiger partial charge in [0.15, 0.2) is 11.5 Å². The Labute approximate surface area is 192 Å². The van der Waals surface area contributed by atoms with E-state index in [0.717, 1.165) is 61.8 Å². The fourth-order valence-corrected chi connectivity index (χ4v) is 4.39. The van der Waals surface area contributed by atoms with E-state index in [2.05, 4.69) is 61.5 Å². The summed E-state index contributed by atoms with van der Waals surface area (Å²) in [6.07, 6.45) is 0. The van der Waals surface area contributed by atoms with E-state index in [1.807, 2.05) is 30.3 Å². The molecule has 0 aliphatic carbocycles. The van der Waals surface area contributed by atoms with Crippen LogP contribution in [0.15, 0.2) is 89.3 Å². The van der Waals surface area contributed by atoms with Crippen molar-refractivity contribution in [3.05, 3.63) is 90.5 Å². The smallest absolute Gasteiger partial charge is 0.231 e. The summed E-state index contributed by atoms with van der Waals surface area (Å²) in [5.41, 5.74) is 7.40. The molecule has 6 rings (SSSR count). The van der Waals surface area contributed by atoms with Gasteiger partial charge in [0.2, 0.25) is 6.79 Å². The van der Waals surface area contributed by atoms with Gasteiger partial charge in [-0.15, -0.1) is 0 Å². The highest BCUT2D eigenvalue weighted by atomic mass is 16.7. The summed E-state index contributed by atoms with van der Waals surface area (Å²) in [6.45, 7) is 2.36. The van der Waals surface area contributed by atoms with Gasteiger partial charge in [-0.1, -0.05) is 48.0 Å². The number of furan rings is 1. The second kappa shape index (κ2) is 7.75. The second-order valence-corrected chi connectivity index (χ2v) is 8.18. The van der Waals surface area contributed by atoms with Crippen LogP contribution >= 0.6 is 0 Å². The molecule has 1 aromatic heterocycles. The molecule has 0 bridgehead atoms. The van der Waals surface area contributed by atoms with Crippen molar-refractivity contribution in [3.8, 4) is 50.8 Å². The van der Waals surface area contributed by atoms with Crippen LogP contribution in [0.5, 0.6) is 17.2 Å². The first-order chi connectivity index (χ1) is 16.2. The van der Waals surface area contributed by atoms with Crippen molar-refractivity contribution in [2.45, 2.75) is 6.92 Å². The Bertz CT molecular complexity index is 1480. The van der Waals surface area contributed by atoms with E-state index in [-0.39, 0.29) is 6.79 Å². The first-order valence-electron chi connectivity index (χ1n) is 10.9. The van der Waals surface area contributed by atoms with Crippen LogP contribution in [0.25, 0.3) is 44.5 Å². The van der Waals surface area contributed by atoms with Crippen LogP contribution in [-0.4, -0.2) is 13.9 Å². The molecule has 0 amide bonds. The Morgan fingerprint density at radius 2 is 1.45 bits per heavy atom. The van der Waals surface area contributed by atoms with Gasteiger partial charge in [0.25, 0.3) is 0 Å². The summed E-state index contributed by atoms with van der Waals surface area (Å²) in [4.78, 5) is 0. The predicted molar refractivity (Wildman–Crippen MR) is 130 cm³/mol. The molecular formula is C29H22O4. The second-order valence-electron chi connectivity index (χ2n) is 8.18. The molecule has 0 fully saturated rings. The molecule has 4 heteroatoms. The predicted octanol–water partition coefficient (Wildman–Crippen LogP) is 7.48. The van der Waals surface area contributed by atoms with Crippen molar-refractivity contribution in [2.75, 3.05) is 13.9 Å². The molecule has 2 heterocycles. The largest absolute Gasteiger partial charge is 0.497 e. The zero-order valence-electron chi connectivity index (χ0n) is 18.4. The van der Waals surface area contributed by atoms with Gasteiger partial charge >= 0.3 is 0 Å². The molecule has 0 saturated carbocycles. The van der Waals surface area contributed by atoms with Gasteiger partial charge in [0, 0.05) is 16.5 Å². The van der Waals surface area contributed by atoms with E-state index in [1.165, 1.54) is 5.56 Å². The van der Waals surface area contributed by atoms with Crippen molar-refractivity contribution in [1.82, 2.24) is 0 Å². The van der Waals surface area contributed by atoms with E-state index < -0.39 is 0 Å². The lowest BCUT2D eigenvalue weighted by atomic mass is 9.95. The molecule has 0 unspecified atom stereocenters. The van der Waals surface area contributed by atoms with Gasteiger partial charge in [-0.2, -0.15) is 0 Å². The Morgan fingerprint density at radius 1 is 0.697 bits per heavy atom. The Hall–Kier alpha value is -4.18. The summed E-state index contributed by atoms with van der Waals surface area (Å²) in [5, 5.41) is 1.06. The number of methoxy groups -OCH3 is 1. The molecule has 0 radical (unpaired) electrons. The summed E-state index contributed by atoms with van der Waals surface area (Å²) in [6, 6.07) is 28.9. The topological polar surface area (TPSA) is 40.8 Å². The van der Waals surface area contributed by atoms with Crippen LogP contribution in [0, 0.1) is 6.92 Å². The van der Waals surface area contributed by atoms with Crippen molar-refractivity contribution >= 4 is 11.0 Å². The monoisotopic (exact) mass is 434 g/mol. The first kappa shape index (κ1) is 19.5. The van der Waals surface area contributed by atoms with E-state index >= 15 is 0 Å². The quantitative estimate of drug-likeness (QED) is 0.294. The van der Waals surface area contributed by atoms with Gasteiger partial charge in [0.05, 0.1) is 7.11 Å². The number of aryl methyl sites for hydroxylation is 1. The standard InChI is InChI=1S/C29H22O4/c1-18-4-3-5-22(14-18)29-28(19-6-10-23(30-2)11-7-19)24-15-20(8-12-25(24)33-29)21-9-13-26-27(16-21)32-17-31-26/h3-16H,17H2,1-2H3. The normalized spacial score (nSPS) is 12.3. The van der Waals surface area contributed by atoms with Crippen LogP contribution in [0.4, 0.5) is 0 Å². The van der Waals surface area contributed by atoms with Gasteiger partial charge in [0.1, 0.15) is 17.1 Å². The van der Waals surface area contributed by atoms with Crippen molar-refractivity contribution in [3.63, 3.8) is 0 Å². The van der Waals surface area contributed by atoms with Crippen LogP contribution in [0.1, 0.15) is 5.56 Å². The minimum Gasteiger partial charge on any atom is -0.497 e. The first-order valence-corrected chi connectivity index (χ1v) is 10.9. The third-order valence-corrected chi connectivity index (χ3v) is 6.05. The van der Waals surface area contributed by atoms with E-state index in [9.17, 15) is 0 Å². The average molecular weight is 434 g/mol. The van der Waals surface area contributed by atoms with Crippen LogP contribution in [0.2, 0.25) is 0 Å². The van der Waals surface area contributed by atoms with Gasteiger partial charge in [-0.3, -0.25) is 0 Å². The number of rotatable bonds is 4. The van der Waals surface area contributed by atoms with Crippen LogP contribution < -0.4 is 14.2 Å². The third-order valence-electron chi connectivity index (χ3n) is 6.05. The van der Waals surface area contributed by atoms with Gasteiger partial charge in [-0.05, 0) is 66.1 Å². The molecule has 1 aliphatic heterocycles. The van der Waals surface area contributed by atoms with Crippen LogP contribution in [-0.2, 0) is 0 Å². The molecule has 162 valence electrons. The molecule has 0 spiro atoms. The molecule has 0 N–H and O–H groups in total. The number of hydrogen-bond donors (Lipinski definition) is 0.